The molecule has 0 spiro atoms. The predicted octanol–water partition coefficient (Wildman–Crippen LogP) is 2.28. The first-order valence-corrected chi connectivity index (χ1v) is 4.40. The van der Waals surface area contributed by atoms with Crippen molar-refractivity contribution < 1.29 is 4.52 Å². The number of anilines is 1. The summed E-state index contributed by atoms with van der Waals surface area (Å²) in [5.41, 5.74) is 6.91. The number of hydrogen-bond acceptors (Lipinski definition) is 4. The Kier molecular flexibility index (Phi) is 2.13. The number of aromatic nitrogens is 2. The van der Waals surface area contributed by atoms with Crippen molar-refractivity contribution in [2.75, 3.05) is 5.73 Å². The van der Waals surface area contributed by atoms with Gasteiger partial charge in [0.25, 0.3) is 5.89 Å². The number of nitrogens with zero attached hydrogens (tertiary/aromatic N) is 2. The van der Waals surface area contributed by atoms with Crippen molar-refractivity contribution in [3.63, 3.8) is 0 Å². The highest BCUT2D eigenvalue weighted by Gasteiger charge is 2.07. The van der Waals surface area contributed by atoms with Crippen LogP contribution < -0.4 is 5.73 Å². The maximum atomic E-state index is 5.78. The Morgan fingerprint density at radius 2 is 2.21 bits per heavy atom. The van der Waals surface area contributed by atoms with Crippen LogP contribution in [0.4, 0.5) is 5.69 Å². The van der Waals surface area contributed by atoms with Crippen LogP contribution in [-0.2, 0) is 0 Å². The van der Waals surface area contributed by atoms with Crippen LogP contribution in [0.25, 0.3) is 11.5 Å². The Hall–Kier alpha value is -1.55. The lowest BCUT2D eigenvalue weighted by molar-refractivity contribution is 0.425. The largest absolute Gasteiger partial charge is 0.398 e. The first-order valence-electron chi connectivity index (χ1n) is 4.02. The maximum absolute atomic E-state index is 5.78. The molecule has 1 aromatic heterocycles. The standard InChI is InChI=1S/C9H8ClN3O/c1-5-12-9(14-13-5)6-2-3-7(10)8(11)4-6/h2-4H,11H2,1H3. The summed E-state index contributed by atoms with van der Waals surface area (Å²) in [6.45, 7) is 1.76. The minimum absolute atomic E-state index is 0.450. The molecule has 5 heteroatoms. The Labute approximate surface area is 85.7 Å². The highest BCUT2D eigenvalue weighted by Crippen LogP contribution is 2.25. The van der Waals surface area contributed by atoms with E-state index in [-0.39, 0.29) is 0 Å². The highest BCUT2D eigenvalue weighted by atomic mass is 35.5. The monoisotopic (exact) mass is 209 g/mol. The van der Waals surface area contributed by atoms with E-state index >= 15 is 0 Å². The van der Waals surface area contributed by atoms with Gasteiger partial charge in [0.1, 0.15) is 0 Å². The van der Waals surface area contributed by atoms with Gasteiger partial charge in [0, 0.05) is 5.56 Å². The van der Waals surface area contributed by atoms with Crippen molar-refractivity contribution in [1.82, 2.24) is 10.1 Å². The van der Waals surface area contributed by atoms with Gasteiger partial charge in [0.2, 0.25) is 0 Å². The average Bonchev–Trinajstić information content (AvgIpc) is 2.57. The average molecular weight is 210 g/mol. The number of benzene rings is 1. The quantitative estimate of drug-likeness (QED) is 0.732. The van der Waals surface area contributed by atoms with Crippen molar-refractivity contribution >= 4 is 17.3 Å². The Balaban J connectivity index is 2.47. The minimum atomic E-state index is 0.450. The summed E-state index contributed by atoms with van der Waals surface area (Å²) in [6.07, 6.45) is 0. The molecule has 72 valence electrons. The van der Waals surface area contributed by atoms with Crippen LogP contribution in [0, 0.1) is 6.92 Å². The molecular formula is C9H8ClN3O. The Morgan fingerprint density at radius 3 is 2.79 bits per heavy atom. The zero-order chi connectivity index (χ0) is 10.1. The molecule has 4 nitrogen and oxygen atoms in total. The van der Waals surface area contributed by atoms with E-state index in [0.29, 0.717) is 22.4 Å². The molecule has 0 fully saturated rings. The van der Waals surface area contributed by atoms with Gasteiger partial charge in [-0.05, 0) is 25.1 Å². The van der Waals surface area contributed by atoms with Crippen LogP contribution in [-0.4, -0.2) is 10.1 Å². The van der Waals surface area contributed by atoms with Crippen molar-refractivity contribution in [3.05, 3.63) is 29.0 Å². The summed E-state index contributed by atoms with van der Waals surface area (Å²) in [5.74, 6) is 1.04. The Bertz CT molecular complexity index is 467. The summed E-state index contributed by atoms with van der Waals surface area (Å²) in [7, 11) is 0. The molecule has 0 aliphatic heterocycles. The topological polar surface area (TPSA) is 64.9 Å². The lowest BCUT2D eigenvalue weighted by Gasteiger charge is -1.98. The SMILES string of the molecule is Cc1noc(-c2ccc(Cl)c(N)c2)n1. The molecule has 0 unspecified atom stereocenters. The molecule has 0 aliphatic carbocycles. The summed E-state index contributed by atoms with van der Waals surface area (Å²) >= 11 is 5.78. The molecule has 2 rings (SSSR count). The van der Waals surface area contributed by atoms with E-state index in [1.807, 2.05) is 0 Å². The molecule has 2 aromatic rings. The lowest BCUT2D eigenvalue weighted by atomic mass is 10.2. The molecule has 1 aromatic carbocycles. The molecule has 0 atom stereocenters. The Morgan fingerprint density at radius 1 is 1.43 bits per heavy atom. The third-order valence-corrected chi connectivity index (χ3v) is 2.11. The van der Waals surface area contributed by atoms with Crippen LogP contribution in [0.1, 0.15) is 5.82 Å². The van der Waals surface area contributed by atoms with Crippen molar-refractivity contribution in [2.45, 2.75) is 6.92 Å². The summed E-state index contributed by atoms with van der Waals surface area (Å²) in [4.78, 5) is 4.08. The first-order chi connectivity index (χ1) is 6.66. The van der Waals surface area contributed by atoms with E-state index in [1.165, 1.54) is 0 Å². The number of aryl methyl sites for hydroxylation is 1. The molecular weight excluding hydrogens is 202 g/mol. The van der Waals surface area contributed by atoms with Gasteiger partial charge in [-0.2, -0.15) is 4.98 Å². The highest BCUT2D eigenvalue weighted by molar-refractivity contribution is 6.33. The molecule has 1 heterocycles. The third kappa shape index (κ3) is 1.56. The van der Waals surface area contributed by atoms with Gasteiger partial charge in [-0.25, -0.2) is 0 Å². The second-order valence-electron chi connectivity index (χ2n) is 2.88. The van der Waals surface area contributed by atoms with Gasteiger partial charge >= 0.3 is 0 Å². The second kappa shape index (κ2) is 3.31. The van der Waals surface area contributed by atoms with E-state index in [0.717, 1.165) is 5.56 Å². The molecule has 0 saturated heterocycles. The number of nitrogen functional groups attached to an aromatic ring is 1. The van der Waals surface area contributed by atoms with Crippen molar-refractivity contribution in [2.24, 2.45) is 0 Å². The van der Waals surface area contributed by atoms with Crippen LogP contribution >= 0.6 is 11.6 Å². The van der Waals surface area contributed by atoms with E-state index in [2.05, 4.69) is 10.1 Å². The normalized spacial score (nSPS) is 10.4. The van der Waals surface area contributed by atoms with E-state index in [4.69, 9.17) is 21.9 Å². The van der Waals surface area contributed by atoms with Crippen LogP contribution in [0.15, 0.2) is 22.7 Å². The summed E-state index contributed by atoms with van der Waals surface area (Å²) in [5, 5.41) is 4.20. The predicted molar refractivity (Wildman–Crippen MR) is 53.9 cm³/mol. The smallest absolute Gasteiger partial charge is 0.257 e. The zero-order valence-electron chi connectivity index (χ0n) is 7.49. The number of rotatable bonds is 1. The van der Waals surface area contributed by atoms with Gasteiger partial charge in [-0.1, -0.05) is 16.8 Å². The van der Waals surface area contributed by atoms with Gasteiger partial charge in [0.15, 0.2) is 5.82 Å². The van der Waals surface area contributed by atoms with Gasteiger partial charge in [0.05, 0.1) is 10.7 Å². The second-order valence-corrected chi connectivity index (χ2v) is 3.29. The van der Waals surface area contributed by atoms with Gasteiger partial charge < -0.3 is 10.3 Å². The lowest BCUT2D eigenvalue weighted by Crippen LogP contribution is -1.87. The van der Waals surface area contributed by atoms with Crippen LogP contribution in [0.5, 0.6) is 0 Å². The number of halogens is 1. The van der Waals surface area contributed by atoms with Crippen molar-refractivity contribution in [1.29, 1.82) is 0 Å². The molecule has 0 radical (unpaired) electrons. The van der Waals surface area contributed by atoms with E-state index in [9.17, 15) is 0 Å². The number of nitrogens with two attached hydrogens (primary N) is 1. The van der Waals surface area contributed by atoms with E-state index < -0.39 is 0 Å². The molecule has 0 amide bonds. The van der Waals surface area contributed by atoms with Crippen LogP contribution in [0.2, 0.25) is 5.02 Å². The fraction of sp³-hybridized carbons (Fsp3) is 0.111. The molecule has 0 saturated carbocycles. The summed E-state index contributed by atoms with van der Waals surface area (Å²) in [6, 6.07) is 5.19. The third-order valence-electron chi connectivity index (χ3n) is 1.77. The minimum Gasteiger partial charge on any atom is -0.398 e. The molecule has 2 N–H and O–H groups in total. The van der Waals surface area contributed by atoms with E-state index in [1.54, 1.807) is 25.1 Å². The molecule has 0 aliphatic rings. The van der Waals surface area contributed by atoms with Crippen LogP contribution in [0.3, 0.4) is 0 Å². The molecule has 0 bridgehead atoms. The van der Waals surface area contributed by atoms with Gasteiger partial charge in [-0.15, -0.1) is 0 Å². The summed E-state index contributed by atoms with van der Waals surface area (Å²) < 4.78 is 4.99. The van der Waals surface area contributed by atoms with Crippen molar-refractivity contribution in [3.8, 4) is 11.5 Å². The first kappa shape index (κ1) is 9.02. The van der Waals surface area contributed by atoms with Gasteiger partial charge in [-0.3, -0.25) is 0 Å². The fourth-order valence-corrected chi connectivity index (χ4v) is 1.21. The zero-order valence-corrected chi connectivity index (χ0v) is 8.25. The maximum Gasteiger partial charge on any atom is 0.257 e. The number of hydrogen-bond donors (Lipinski definition) is 1. The fourth-order valence-electron chi connectivity index (χ4n) is 1.09. The molecule has 14 heavy (non-hydrogen) atoms.